The summed E-state index contributed by atoms with van der Waals surface area (Å²) in [7, 11) is 0. The van der Waals surface area contributed by atoms with Crippen molar-refractivity contribution >= 4 is 0 Å². The molecule has 1 heterocycles. The van der Waals surface area contributed by atoms with Gasteiger partial charge in [0, 0.05) is 6.42 Å². The van der Waals surface area contributed by atoms with Crippen LogP contribution in [0.5, 0.6) is 0 Å². The monoisotopic (exact) mass is 195 g/mol. The van der Waals surface area contributed by atoms with Crippen LogP contribution in [0.1, 0.15) is 45.3 Å². The van der Waals surface area contributed by atoms with Crippen LogP contribution in [0.25, 0.3) is 0 Å². The van der Waals surface area contributed by atoms with Crippen molar-refractivity contribution in [3.8, 4) is 0 Å². The molecule has 4 heteroatoms. The highest BCUT2D eigenvalue weighted by atomic mass is 16.5. The SMILES string of the molecule is CCc1nc(C(C)(N)C2(C)CC2)no1. The van der Waals surface area contributed by atoms with E-state index in [2.05, 4.69) is 17.1 Å². The summed E-state index contributed by atoms with van der Waals surface area (Å²) in [5.74, 6) is 1.32. The number of nitrogens with two attached hydrogens (primary N) is 1. The van der Waals surface area contributed by atoms with E-state index in [1.54, 1.807) is 0 Å². The maximum absolute atomic E-state index is 6.26. The highest BCUT2D eigenvalue weighted by Crippen LogP contribution is 2.55. The Balaban J connectivity index is 2.29. The second kappa shape index (κ2) is 2.79. The normalized spacial score (nSPS) is 23.1. The van der Waals surface area contributed by atoms with Crippen LogP contribution >= 0.6 is 0 Å². The lowest BCUT2D eigenvalue weighted by molar-refractivity contribution is 0.269. The van der Waals surface area contributed by atoms with Crippen molar-refractivity contribution in [3.63, 3.8) is 0 Å². The number of aryl methyl sites for hydroxylation is 1. The summed E-state index contributed by atoms with van der Waals surface area (Å²) in [6.07, 6.45) is 3.06. The van der Waals surface area contributed by atoms with Crippen molar-refractivity contribution in [3.05, 3.63) is 11.7 Å². The van der Waals surface area contributed by atoms with Gasteiger partial charge in [0.2, 0.25) is 5.89 Å². The minimum atomic E-state index is -0.454. The van der Waals surface area contributed by atoms with Crippen LogP contribution in [0, 0.1) is 5.41 Å². The molecule has 2 rings (SSSR count). The number of aromatic nitrogens is 2. The van der Waals surface area contributed by atoms with E-state index < -0.39 is 5.54 Å². The predicted octanol–water partition coefficient (Wildman–Crippen LogP) is 1.61. The minimum Gasteiger partial charge on any atom is -0.339 e. The molecule has 0 saturated heterocycles. The summed E-state index contributed by atoms with van der Waals surface area (Å²) in [6.45, 7) is 6.16. The molecule has 0 aliphatic heterocycles. The second-order valence-electron chi connectivity index (χ2n) is 4.63. The van der Waals surface area contributed by atoms with Crippen LogP contribution in [0.2, 0.25) is 0 Å². The molecule has 0 amide bonds. The second-order valence-corrected chi connectivity index (χ2v) is 4.63. The Labute approximate surface area is 83.9 Å². The smallest absolute Gasteiger partial charge is 0.226 e. The maximum Gasteiger partial charge on any atom is 0.226 e. The first-order valence-corrected chi connectivity index (χ1v) is 5.11. The van der Waals surface area contributed by atoms with Gasteiger partial charge in [-0.3, -0.25) is 0 Å². The van der Waals surface area contributed by atoms with Crippen molar-refractivity contribution in [1.82, 2.24) is 10.1 Å². The third-order valence-corrected chi connectivity index (χ3v) is 3.49. The molecule has 1 saturated carbocycles. The van der Waals surface area contributed by atoms with Gasteiger partial charge >= 0.3 is 0 Å². The number of hydrogen-bond acceptors (Lipinski definition) is 4. The van der Waals surface area contributed by atoms with E-state index in [-0.39, 0.29) is 5.41 Å². The molecule has 78 valence electrons. The molecule has 0 spiro atoms. The van der Waals surface area contributed by atoms with E-state index >= 15 is 0 Å². The zero-order valence-corrected chi connectivity index (χ0v) is 9.00. The molecule has 1 unspecified atom stereocenters. The minimum absolute atomic E-state index is 0.155. The van der Waals surface area contributed by atoms with Crippen molar-refractivity contribution in [2.24, 2.45) is 11.1 Å². The largest absolute Gasteiger partial charge is 0.339 e. The zero-order valence-electron chi connectivity index (χ0n) is 9.00. The summed E-state index contributed by atoms with van der Waals surface area (Å²) in [5, 5.41) is 3.95. The van der Waals surface area contributed by atoms with Gasteiger partial charge in [0.1, 0.15) is 0 Å². The molecule has 4 nitrogen and oxygen atoms in total. The molecule has 1 aliphatic rings. The lowest BCUT2D eigenvalue weighted by Gasteiger charge is -2.27. The van der Waals surface area contributed by atoms with Gasteiger partial charge in [0.25, 0.3) is 0 Å². The fourth-order valence-electron chi connectivity index (χ4n) is 1.59. The van der Waals surface area contributed by atoms with E-state index in [9.17, 15) is 0 Å². The van der Waals surface area contributed by atoms with Gasteiger partial charge < -0.3 is 10.3 Å². The van der Waals surface area contributed by atoms with Crippen LogP contribution in [0.3, 0.4) is 0 Å². The van der Waals surface area contributed by atoms with Crippen molar-refractivity contribution in [2.45, 2.75) is 45.6 Å². The molecule has 0 bridgehead atoms. The topological polar surface area (TPSA) is 64.9 Å². The first-order valence-electron chi connectivity index (χ1n) is 5.11. The molecule has 2 N–H and O–H groups in total. The Hall–Kier alpha value is -0.900. The molecule has 1 aromatic heterocycles. The number of rotatable bonds is 3. The Morgan fingerprint density at radius 1 is 1.57 bits per heavy atom. The summed E-state index contributed by atoms with van der Waals surface area (Å²) in [5.41, 5.74) is 5.96. The van der Waals surface area contributed by atoms with Crippen molar-refractivity contribution in [2.75, 3.05) is 0 Å². The van der Waals surface area contributed by atoms with Gasteiger partial charge in [-0.25, -0.2) is 0 Å². The van der Waals surface area contributed by atoms with Crippen molar-refractivity contribution < 1.29 is 4.52 Å². The number of nitrogens with zero attached hydrogens (tertiary/aromatic N) is 2. The fourth-order valence-corrected chi connectivity index (χ4v) is 1.59. The molecule has 0 radical (unpaired) electrons. The van der Waals surface area contributed by atoms with E-state index in [0.717, 1.165) is 19.3 Å². The standard InChI is InChI=1S/C10H17N3O/c1-4-7-12-8(13-14-7)10(3,11)9(2)5-6-9/h4-6,11H2,1-3H3. The van der Waals surface area contributed by atoms with Gasteiger partial charge in [-0.05, 0) is 25.2 Å². The summed E-state index contributed by atoms with van der Waals surface area (Å²) < 4.78 is 5.08. The van der Waals surface area contributed by atoms with Crippen LogP contribution in [-0.4, -0.2) is 10.1 Å². The highest BCUT2D eigenvalue weighted by molar-refractivity contribution is 5.15. The highest BCUT2D eigenvalue weighted by Gasteiger charge is 2.54. The van der Waals surface area contributed by atoms with Gasteiger partial charge in [0.15, 0.2) is 5.82 Å². The van der Waals surface area contributed by atoms with Crippen LogP contribution in [0.4, 0.5) is 0 Å². The molecule has 14 heavy (non-hydrogen) atoms. The summed E-state index contributed by atoms with van der Waals surface area (Å²) in [6, 6.07) is 0. The first kappa shape index (κ1) is 9.65. The molecule has 0 aromatic carbocycles. The maximum atomic E-state index is 6.26. The Kier molecular flexibility index (Phi) is 1.93. The van der Waals surface area contributed by atoms with E-state index in [4.69, 9.17) is 10.3 Å². The predicted molar refractivity (Wildman–Crippen MR) is 52.6 cm³/mol. The zero-order chi connectivity index (χ0) is 10.4. The average Bonchev–Trinajstić information content (AvgIpc) is 2.73. The first-order chi connectivity index (χ1) is 6.49. The fraction of sp³-hybridized carbons (Fsp3) is 0.800. The molecule has 1 aromatic rings. The molecular weight excluding hydrogens is 178 g/mol. The van der Waals surface area contributed by atoms with Gasteiger partial charge in [-0.1, -0.05) is 19.0 Å². The Bertz CT molecular complexity index is 339. The third-order valence-electron chi connectivity index (χ3n) is 3.49. The molecular formula is C10H17N3O. The van der Waals surface area contributed by atoms with Crippen LogP contribution in [0.15, 0.2) is 4.52 Å². The lowest BCUT2D eigenvalue weighted by Crippen LogP contribution is -2.42. The van der Waals surface area contributed by atoms with Crippen LogP contribution < -0.4 is 5.73 Å². The Morgan fingerprint density at radius 2 is 2.21 bits per heavy atom. The Morgan fingerprint density at radius 3 is 2.64 bits per heavy atom. The quantitative estimate of drug-likeness (QED) is 0.795. The van der Waals surface area contributed by atoms with Crippen LogP contribution in [-0.2, 0) is 12.0 Å². The average molecular weight is 195 g/mol. The van der Waals surface area contributed by atoms with Gasteiger partial charge in [-0.15, -0.1) is 0 Å². The van der Waals surface area contributed by atoms with Crippen molar-refractivity contribution in [1.29, 1.82) is 0 Å². The molecule has 1 atom stereocenters. The third kappa shape index (κ3) is 1.25. The lowest BCUT2D eigenvalue weighted by atomic mass is 9.84. The molecule has 1 fully saturated rings. The molecule has 1 aliphatic carbocycles. The van der Waals surface area contributed by atoms with Gasteiger partial charge in [-0.2, -0.15) is 4.98 Å². The number of hydrogen-bond donors (Lipinski definition) is 1. The van der Waals surface area contributed by atoms with Gasteiger partial charge in [0.05, 0.1) is 5.54 Å². The summed E-state index contributed by atoms with van der Waals surface area (Å²) in [4.78, 5) is 4.30. The van der Waals surface area contributed by atoms with E-state index in [1.165, 1.54) is 0 Å². The van der Waals surface area contributed by atoms with E-state index in [1.807, 2.05) is 13.8 Å². The van der Waals surface area contributed by atoms with E-state index in [0.29, 0.717) is 11.7 Å². The summed E-state index contributed by atoms with van der Waals surface area (Å²) >= 11 is 0.